The molecule has 18 heavy (non-hydrogen) atoms. The van der Waals surface area contributed by atoms with E-state index in [4.69, 9.17) is 4.52 Å². The minimum atomic E-state index is 0.474. The van der Waals surface area contributed by atoms with Crippen LogP contribution in [-0.2, 0) is 13.1 Å². The summed E-state index contributed by atoms with van der Waals surface area (Å²) < 4.78 is 5.39. The Morgan fingerprint density at radius 1 is 1.28 bits per heavy atom. The van der Waals surface area contributed by atoms with Crippen LogP contribution < -0.4 is 5.32 Å². The van der Waals surface area contributed by atoms with E-state index in [2.05, 4.69) is 49.1 Å². The van der Waals surface area contributed by atoms with E-state index in [0.29, 0.717) is 6.04 Å². The van der Waals surface area contributed by atoms with E-state index < -0.39 is 0 Å². The minimum Gasteiger partial charge on any atom is -0.360 e. The Kier molecular flexibility index (Phi) is 6.98. The van der Waals surface area contributed by atoms with Gasteiger partial charge in [0.25, 0.3) is 0 Å². The molecule has 1 heterocycles. The molecule has 4 nitrogen and oxygen atoms in total. The summed E-state index contributed by atoms with van der Waals surface area (Å²) in [5, 5.41) is 7.44. The number of nitrogens with one attached hydrogen (secondary N) is 1. The van der Waals surface area contributed by atoms with E-state index >= 15 is 0 Å². The number of aromatic nitrogens is 1. The van der Waals surface area contributed by atoms with Crippen molar-refractivity contribution in [2.75, 3.05) is 13.1 Å². The molecule has 0 saturated heterocycles. The molecule has 0 aliphatic rings. The topological polar surface area (TPSA) is 41.3 Å². The van der Waals surface area contributed by atoms with Crippen LogP contribution in [0.4, 0.5) is 0 Å². The van der Waals surface area contributed by atoms with Crippen LogP contribution in [0.3, 0.4) is 0 Å². The lowest BCUT2D eigenvalue weighted by molar-refractivity contribution is 0.231. The Bertz CT molecular complexity index is 317. The van der Waals surface area contributed by atoms with E-state index in [1.54, 1.807) is 0 Å². The second kappa shape index (κ2) is 8.27. The van der Waals surface area contributed by atoms with Crippen LogP contribution in [-0.4, -0.2) is 29.2 Å². The molecule has 0 saturated carbocycles. The SMILES string of the molecule is CCCN(CCC)Cc1cc(CNC(C)C)no1. The highest BCUT2D eigenvalue weighted by molar-refractivity contribution is 5.05. The summed E-state index contributed by atoms with van der Waals surface area (Å²) in [6, 6.07) is 2.54. The van der Waals surface area contributed by atoms with Gasteiger partial charge >= 0.3 is 0 Å². The summed E-state index contributed by atoms with van der Waals surface area (Å²) in [7, 11) is 0. The third kappa shape index (κ3) is 5.65. The summed E-state index contributed by atoms with van der Waals surface area (Å²) in [6.45, 7) is 12.6. The molecule has 0 atom stereocenters. The molecule has 1 aromatic rings. The maximum atomic E-state index is 5.39. The second-order valence-corrected chi connectivity index (χ2v) is 5.10. The molecule has 1 rings (SSSR count). The van der Waals surface area contributed by atoms with Crippen LogP contribution in [0.2, 0.25) is 0 Å². The van der Waals surface area contributed by atoms with Gasteiger partial charge in [-0.3, -0.25) is 4.90 Å². The number of rotatable bonds is 9. The van der Waals surface area contributed by atoms with Crippen molar-refractivity contribution in [2.45, 2.75) is 59.7 Å². The molecule has 0 spiro atoms. The molecule has 0 radical (unpaired) electrons. The van der Waals surface area contributed by atoms with Crippen molar-refractivity contribution >= 4 is 0 Å². The predicted molar refractivity (Wildman–Crippen MR) is 74.3 cm³/mol. The van der Waals surface area contributed by atoms with Gasteiger partial charge in [0.1, 0.15) is 0 Å². The summed E-state index contributed by atoms with van der Waals surface area (Å²) in [5.41, 5.74) is 0.992. The first kappa shape index (κ1) is 15.2. The Morgan fingerprint density at radius 3 is 2.50 bits per heavy atom. The number of hydrogen-bond acceptors (Lipinski definition) is 4. The minimum absolute atomic E-state index is 0.474. The molecule has 0 bridgehead atoms. The van der Waals surface area contributed by atoms with Gasteiger partial charge in [0.05, 0.1) is 12.2 Å². The molecule has 4 heteroatoms. The Morgan fingerprint density at radius 2 is 1.94 bits per heavy atom. The van der Waals surface area contributed by atoms with Crippen LogP contribution in [0.25, 0.3) is 0 Å². The van der Waals surface area contributed by atoms with E-state index in [1.807, 2.05) is 0 Å². The van der Waals surface area contributed by atoms with Crippen LogP contribution in [0.5, 0.6) is 0 Å². The maximum Gasteiger partial charge on any atom is 0.151 e. The largest absolute Gasteiger partial charge is 0.360 e. The fourth-order valence-electron chi connectivity index (χ4n) is 1.95. The summed E-state index contributed by atoms with van der Waals surface area (Å²) in [5.74, 6) is 0.970. The van der Waals surface area contributed by atoms with Crippen molar-refractivity contribution in [2.24, 2.45) is 0 Å². The Balaban J connectivity index is 2.45. The van der Waals surface area contributed by atoms with Crippen LogP contribution >= 0.6 is 0 Å². The first-order valence-corrected chi connectivity index (χ1v) is 7.05. The first-order valence-electron chi connectivity index (χ1n) is 7.05. The monoisotopic (exact) mass is 253 g/mol. The molecule has 0 fully saturated rings. The second-order valence-electron chi connectivity index (χ2n) is 5.10. The van der Waals surface area contributed by atoms with Crippen LogP contribution in [0.15, 0.2) is 10.6 Å². The zero-order chi connectivity index (χ0) is 13.4. The van der Waals surface area contributed by atoms with E-state index in [-0.39, 0.29) is 0 Å². The highest BCUT2D eigenvalue weighted by Gasteiger charge is 2.09. The van der Waals surface area contributed by atoms with Gasteiger partial charge in [0.15, 0.2) is 5.76 Å². The van der Waals surface area contributed by atoms with Gasteiger partial charge in [0, 0.05) is 18.7 Å². The standard InChI is InChI=1S/C14H27N3O/c1-5-7-17(8-6-2)11-14-9-13(16-18-14)10-15-12(3)4/h9,12,15H,5-8,10-11H2,1-4H3. The molecular formula is C14H27N3O. The fraction of sp³-hybridized carbons (Fsp3) is 0.786. The summed E-state index contributed by atoms with van der Waals surface area (Å²) >= 11 is 0. The van der Waals surface area contributed by atoms with Crippen LogP contribution in [0.1, 0.15) is 52.0 Å². The van der Waals surface area contributed by atoms with Crippen molar-refractivity contribution in [1.29, 1.82) is 0 Å². The van der Waals surface area contributed by atoms with E-state index in [1.165, 1.54) is 12.8 Å². The average molecular weight is 253 g/mol. The Labute approximate surface area is 111 Å². The predicted octanol–water partition coefficient (Wildman–Crippen LogP) is 2.79. The number of hydrogen-bond donors (Lipinski definition) is 1. The molecule has 104 valence electrons. The van der Waals surface area contributed by atoms with Crippen molar-refractivity contribution in [1.82, 2.24) is 15.4 Å². The lowest BCUT2D eigenvalue weighted by atomic mass is 10.3. The first-order chi connectivity index (χ1) is 8.65. The fourth-order valence-corrected chi connectivity index (χ4v) is 1.95. The van der Waals surface area contributed by atoms with Crippen LogP contribution in [0, 0.1) is 0 Å². The summed E-state index contributed by atoms with van der Waals surface area (Å²) in [6.07, 6.45) is 2.35. The van der Waals surface area contributed by atoms with Crippen molar-refractivity contribution in [3.63, 3.8) is 0 Å². The molecular weight excluding hydrogens is 226 g/mol. The van der Waals surface area contributed by atoms with E-state index in [0.717, 1.165) is 37.6 Å². The van der Waals surface area contributed by atoms with Crippen molar-refractivity contribution in [3.8, 4) is 0 Å². The summed E-state index contributed by atoms with van der Waals surface area (Å²) in [4.78, 5) is 2.42. The van der Waals surface area contributed by atoms with E-state index in [9.17, 15) is 0 Å². The third-order valence-electron chi connectivity index (χ3n) is 2.76. The molecule has 1 aromatic heterocycles. The number of nitrogens with zero attached hydrogens (tertiary/aromatic N) is 2. The molecule has 0 aromatic carbocycles. The maximum absolute atomic E-state index is 5.39. The van der Waals surface area contributed by atoms with Gasteiger partial charge in [-0.15, -0.1) is 0 Å². The van der Waals surface area contributed by atoms with Crippen molar-refractivity contribution < 1.29 is 4.52 Å². The highest BCUT2D eigenvalue weighted by Crippen LogP contribution is 2.08. The zero-order valence-corrected chi connectivity index (χ0v) is 12.2. The van der Waals surface area contributed by atoms with Gasteiger partial charge in [-0.05, 0) is 25.9 Å². The lowest BCUT2D eigenvalue weighted by Crippen LogP contribution is -2.24. The molecule has 1 N–H and O–H groups in total. The quantitative estimate of drug-likeness (QED) is 0.735. The van der Waals surface area contributed by atoms with Gasteiger partial charge < -0.3 is 9.84 Å². The molecule has 0 aliphatic carbocycles. The van der Waals surface area contributed by atoms with Gasteiger partial charge in [0.2, 0.25) is 0 Å². The van der Waals surface area contributed by atoms with Gasteiger partial charge in [-0.1, -0.05) is 32.9 Å². The lowest BCUT2D eigenvalue weighted by Gasteiger charge is -2.18. The van der Waals surface area contributed by atoms with Gasteiger partial charge in [-0.25, -0.2) is 0 Å². The van der Waals surface area contributed by atoms with Crippen molar-refractivity contribution in [3.05, 3.63) is 17.5 Å². The van der Waals surface area contributed by atoms with Gasteiger partial charge in [-0.2, -0.15) is 0 Å². The average Bonchev–Trinajstić information content (AvgIpc) is 2.75. The molecule has 0 aliphatic heterocycles. The molecule has 0 amide bonds. The third-order valence-corrected chi connectivity index (χ3v) is 2.76. The Hall–Kier alpha value is -0.870. The normalized spacial score (nSPS) is 11.7. The zero-order valence-electron chi connectivity index (χ0n) is 12.2. The smallest absolute Gasteiger partial charge is 0.151 e. The molecule has 0 unspecified atom stereocenters. The highest BCUT2D eigenvalue weighted by atomic mass is 16.5.